The highest BCUT2D eigenvalue weighted by Crippen LogP contribution is 2.08. The van der Waals surface area contributed by atoms with Gasteiger partial charge < -0.3 is 8.92 Å². The lowest BCUT2D eigenvalue weighted by Crippen LogP contribution is -2.00. The van der Waals surface area contributed by atoms with Gasteiger partial charge in [0.25, 0.3) is 0 Å². The SMILES string of the molecule is CCOC(=O)OSCl. The van der Waals surface area contributed by atoms with Crippen LogP contribution in [0.5, 0.6) is 0 Å². The minimum absolute atomic E-state index is 0.302. The van der Waals surface area contributed by atoms with Crippen molar-refractivity contribution in [1.82, 2.24) is 0 Å². The topological polar surface area (TPSA) is 35.5 Å². The van der Waals surface area contributed by atoms with Gasteiger partial charge in [-0.3, -0.25) is 0 Å². The van der Waals surface area contributed by atoms with Crippen LogP contribution in [0.15, 0.2) is 0 Å². The molecule has 0 aromatic rings. The number of carbonyl (C=O) groups is 1. The summed E-state index contributed by atoms with van der Waals surface area (Å²) >= 11 is 0.447. The van der Waals surface area contributed by atoms with Gasteiger partial charge in [-0.1, -0.05) is 0 Å². The highest BCUT2D eigenvalue weighted by atomic mass is 35.7. The van der Waals surface area contributed by atoms with E-state index in [0.29, 0.717) is 17.9 Å². The van der Waals surface area contributed by atoms with E-state index in [9.17, 15) is 4.79 Å². The second kappa shape index (κ2) is 5.05. The first-order valence-electron chi connectivity index (χ1n) is 1.93. The van der Waals surface area contributed by atoms with E-state index in [1.165, 1.54) is 0 Å². The monoisotopic (exact) mass is 156 g/mol. The number of hydrogen-bond donors (Lipinski definition) is 0. The van der Waals surface area contributed by atoms with Crippen molar-refractivity contribution in [2.45, 2.75) is 6.92 Å². The van der Waals surface area contributed by atoms with Crippen LogP contribution in [0.1, 0.15) is 6.92 Å². The molecular formula is C3H5ClO3S. The van der Waals surface area contributed by atoms with Crippen molar-refractivity contribution in [3.8, 4) is 0 Å². The predicted molar refractivity (Wildman–Crippen MR) is 31.6 cm³/mol. The van der Waals surface area contributed by atoms with Gasteiger partial charge in [-0.15, -0.1) is 0 Å². The van der Waals surface area contributed by atoms with E-state index in [1.54, 1.807) is 6.92 Å². The van der Waals surface area contributed by atoms with Gasteiger partial charge in [-0.25, -0.2) is 4.79 Å². The molecule has 0 heterocycles. The maximum Gasteiger partial charge on any atom is 0.521 e. The average molecular weight is 157 g/mol. The lowest BCUT2D eigenvalue weighted by Gasteiger charge is -1.95. The molecule has 0 spiro atoms. The van der Waals surface area contributed by atoms with Crippen LogP contribution in [0, 0.1) is 0 Å². The summed E-state index contributed by atoms with van der Waals surface area (Å²) in [5, 5.41) is 0. The van der Waals surface area contributed by atoms with Gasteiger partial charge in [0.1, 0.15) is 0 Å². The molecular weight excluding hydrogens is 152 g/mol. The summed E-state index contributed by atoms with van der Waals surface area (Å²) in [6.45, 7) is 1.98. The quantitative estimate of drug-likeness (QED) is 0.452. The molecule has 0 aromatic heterocycles. The molecule has 0 aliphatic rings. The molecule has 3 nitrogen and oxygen atoms in total. The lowest BCUT2D eigenvalue weighted by molar-refractivity contribution is 0.112. The number of ether oxygens (including phenoxy) is 1. The molecule has 0 rings (SSSR count). The van der Waals surface area contributed by atoms with Crippen LogP contribution >= 0.6 is 21.9 Å². The van der Waals surface area contributed by atoms with Crippen LogP contribution in [0.3, 0.4) is 0 Å². The van der Waals surface area contributed by atoms with Crippen molar-refractivity contribution in [2.24, 2.45) is 0 Å². The first-order chi connectivity index (χ1) is 3.81. The first-order valence-corrected chi connectivity index (χ1v) is 3.50. The molecule has 0 aliphatic carbocycles. The second-order valence-corrected chi connectivity index (χ2v) is 1.50. The van der Waals surface area contributed by atoms with E-state index in [2.05, 4.69) is 8.92 Å². The molecule has 0 atom stereocenters. The molecule has 48 valence electrons. The summed E-state index contributed by atoms with van der Waals surface area (Å²) in [5.74, 6) is 0. The van der Waals surface area contributed by atoms with Crippen LogP contribution in [-0.4, -0.2) is 12.8 Å². The third-order valence-electron chi connectivity index (χ3n) is 0.362. The van der Waals surface area contributed by atoms with Crippen LogP contribution < -0.4 is 0 Å². The molecule has 0 fully saturated rings. The molecule has 5 heteroatoms. The Morgan fingerprint density at radius 3 is 2.88 bits per heavy atom. The Kier molecular flexibility index (Phi) is 5.00. The fourth-order valence-corrected chi connectivity index (χ4v) is 0.421. The highest BCUT2D eigenvalue weighted by molar-refractivity contribution is 8.17. The second-order valence-electron chi connectivity index (χ2n) is 0.829. The van der Waals surface area contributed by atoms with Gasteiger partial charge in [-0.2, -0.15) is 0 Å². The van der Waals surface area contributed by atoms with Gasteiger partial charge in [0, 0.05) is 10.7 Å². The normalized spacial score (nSPS) is 8.25. The molecule has 0 aliphatic heterocycles. The van der Waals surface area contributed by atoms with E-state index in [0.717, 1.165) is 0 Å². The Labute approximate surface area is 56.0 Å². The van der Waals surface area contributed by atoms with Crippen molar-refractivity contribution in [3.05, 3.63) is 0 Å². The summed E-state index contributed by atoms with van der Waals surface area (Å²) in [5.41, 5.74) is 0. The lowest BCUT2D eigenvalue weighted by atomic mass is 10.9. The number of hydrogen-bond acceptors (Lipinski definition) is 4. The van der Waals surface area contributed by atoms with Gasteiger partial charge >= 0.3 is 6.16 Å². The van der Waals surface area contributed by atoms with Gasteiger partial charge in [-0.05, 0) is 6.92 Å². The van der Waals surface area contributed by atoms with Crippen molar-refractivity contribution >= 4 is 28.1 Å². The van der Waals surface area contributed by atoms with Crippen LogP contribution in [0.4, 0.5) is 4.79 Å². The van der Waals surface area contributed by atoms with Crippen molar-refractivity contribution in [2.75, 3.05) is 6.61 Å². The molecule has 0 aromatic carbocycles. The molecule has 8 heavy (non-hydrogen) atoms. The van der Waals surface area contributed by atoms with Crippen molar-refractivity contribution < 1.29 is 13.7 Å². The number of rotatable bonds is 2. The Balaban J connectivity index is 3.06. The average Bonchev–Trinajstić information content (AvgIpc) is 1.68. The van der Waals surface area contributed by atoms with E-state index < -0.39 is 6.16 Å². The number of carbonyl (C=O) groups excluding carboxylic acids is 1. The zero-order valence-corrected chi connectivity index (χ0v) is 5.79. The third-order valence-corrected chi connectivity index (χ3v) is 0.750. The Bertz CT molecular complexity index is 68.9. The smallest absolute Gasteiger partial charge is 0.434 e. The van der Waals surface area contributed by atoms with E-state index in [1.807, 2.05) is 0 Å². The molecule has 0 bridgehead atoms. The zero-order chi connectivity index (χ0) is 6.41. The molecule has 0 radical (unpaired) electrons. The molecule has 0 amide bonds. The van der Waals surface area contributed by atoms with Crippen LogP contribution in [0.2, 0.25) is 0 Å². The Morgan fingerprint density at radius 1 is 1.88 bits per heavy atom. The standard InChI is InChI=1S/C3H5ClO3S/c1-2-6-3(5)7-8-4/h2H2,1H3. The fourth-order valence-electron chi connectivity index (χ4n) is 0.168. The van der Waals surface area contributed by atoms with Crippen LogP contribution in [0.25, 0.3) is 0 Å². The largest absolute Gasteiger partial charge is 0.521 e. The van der Waals surface area contributed by atoms with E-state index >= 15 is 0 Å². The van der Waals surface area contributed by atoms with Gasteiger partial charge in [0.15, 0.2) is 11.3 Å². The zero-order valence-electron chi connectivity index (χ0n) is 4.22. The Morgan fingerprint density at radius 2 is 2.50 bits per heavy atom. The first kappa shape index (κ1) is 7.91. The minimum Gasteiger partial charge on any atom is -0.434 e. The van der Waals surface area contributed by atoms with Crippen molar-refractivity contribution in [3.63, 3.8) is 0 Å². The summed E-state index contributed by atoms with van der Waals surface area (Å²) in [6, 6.07) is 0. The van der Waals surface area contributed by atoms with Gasteiger partial charge in [0.2, 0.25) is 0 Å². The third kappa shape index (κ3) is 4.08. The minimum atomic E-state index is -0.757. The molecule has 0 N–H and O–H groups in total. The molecule has 0 unspecified atom stereocenters. The summed E-state index contributed by atoms with van der Waals surface area (Å²) < 4.78 is 8.42. The van der Waals surface area contributed by atoms with Gasteiger partial charge in [0.05, 0.1) is 6.61 Å². The maximum absolute atomic E-state index is 10.1. The summed E-state index contributed by atoms with van der Waals surface area (Å²) in [4.78, 5) is 10.1. The van der Waals surface area contributed by atoms with Crippen LogP contribution in [-0.2, 0) is 8.92 Å². The molecule has 0 saturated carbocycles. The number of halogens is 1. The Hall–Kier alpha value is -0.0900. The molecule has 0 saturated heterocycles. The highest BCUT2D eigenvalue weighted by Gasteiger charge is 1.99. The van der Waals surface area contributed by atoms with E-state index in [4.69, 9.17) is 10.7 Å². The fraction of sp³-hybridized carbons (Fsp3) is 0.667. The maximum atomic E-state index is 10.1. The summed E-state index contributed by atoms with van der Waals surface area (Å²) in [6.07, 6.45) is -0.757. The van der Waals surface area contributed by atoms with E-state index in [-0.39, 0.29) is 0 Å². The predicted octanol–water partition coefficient (Wildman–Crippen LogP) is 1.96. The van der Waals surface area contributed by atoms with Crippen molar-refractivity contribution in [1.29, 1.82) is 0 Å². The summed E-state index contributed by atoms with van der Waals surface area (Å²) in [7, 11) is 4.93.